The lowest BCUT2D eigenvalue weighted by Gasteiger charge is -2.17. The van der Waals surface area contributed by atoms with Crippen molar-refractivity contribution in [1.29, 1.82) is 0 Å². The monoisotopic (exact) mass is 442 g/mol. The Bertz CT molecular complexity index is 1160. The first-order chi connectivity index (χ1) is 14.9. The number of ether oxygens (including phenoxy) is 1. The van der Waals surface area contributed by atoms with Crippen LogP contribution in [0.2, 0.25) is 5.02 Å². The molecule has 0 radical (unpaired) electrons. The molecule has 31 heavy (non-hydrogen) atoms. The van der Waals surface area contributed by atoms with Crippen LogP contribution >= 0.6 is 11.6 Å². The first kappa shape index (κ1) is 22.5. The number of amides is 1. The van der Waals surface area contributed by atoms with E-state index in [1.165, 1.54) is 0 Å². The van der Waals surface area contributed by atoms with Crippen LogP contribution < -0.4 is 16.6 Å². The predicted octanol–water partition coefficient (Wildman–Crippen LogP) is 2.42. The summed E-state index contributed by atoms with van der Waals surface area (Å²) in [6.45, 7) is 2.50. The number of nitrogens with one attached hydrogen (secondary N) is 1. The van der Waals surface area contributed by atoms with Gasteiger partial charge in [-0.05, 0) is 43.2 Å². The number of nitrogens with zero attached hydrogens (tertiary/aromatic N) is 3. The van der Waals surface area contributed by atoms with E-state index in [2.05, 4.69) is 10.4 Å². The molecule has 0 spiro atoms. The lowest BCUT2D eigenvalue weighted by atomic mass is 10.1. The average molecular weight is 443 g/mol. The highest BCUT2D eigenvalue weighted by molar-refractivity contribution is 6.30. The van der Waals surface area contributed by atoms with E-state index in [-0.39, 0.29) is 5.69 Å². The predicted molar refractivity (Wildman–Crippen MR) is 118 cm³/mol. The summed E-state index contributed by atoms with van der Waals surface area (Å²) in [5.74, 6) is -0.655. The summed E-state index contributed by atoms with van der Waals surface area (Å²) in [6, 6.07) is 14.9. The normalized spacial score (nSPS) is 11.8. The van der Waals surface area contributed by atoms with Gasteiger partial charge in [-0.15, -0.1) is 0 Å². The van der Waals surface area contributed by atoms with Crippen LogP contribution in [0.3, 0.4) is 0 Å². The highest BCUT2D eigenvalue weighted by atomic mass is 35.5. The third-order valence-electron chi connectivity index (χ3n) is 4.77. The summed E-state index contributed by atoms with van der Waals surface area (Å²) >= 11 is 5.95. The van der Waals surface area contributed by atoms with E-state index in [0.717, 1.165) is 14.8 Å². The number of aromatic nitrogens is 3. The summed E-state index contributed by atoms with van der Waals surface area (Å²) in [6.07, 6.45) is 0.577. The molecule has 0 saturated carbocycles. The lowest BCUT2D eigenvalue weighted by molar-refractivity contribution is 0.0938. The molecular weight excluding hydrogens is 420 g/mol. The minimum Gasteiger partial charge on any atom is -0.385 e. The van der Waals surface area contributed by atoms with Crippen LogP contribution in [-0.4, -0.2) is 40.5 Å². The Labute approximate surface area is 184 Å². The number of hydrogen-bond donors (Lipinski definition) is 1. The maximum atomic E-state index is 13.2. The van der Waals surface area contributed by atoms with Gasteiger partial charge >= 0.3 is 5.69 Å². The number of methoxy groups -OCH3 is 1. The van der Waals surface area contributed by atoms with Gasteiger partial charge < -0.3 is 10.1 Å². The molecule has 1 heterocycles. The van der Waals surface area contributed by atoms with Crippen LogP contribution in [0.25, 0.3) is 5.69 Å². The highest BCUT2D eigenvalue weighted by Gasteiger charge is 2.23. The largest absolute Gasteiger partial charge is 0.385 e. The maximum Gasteiger partial charge on any atom is 0.352 e. The SMILES string of the molecule is COCCCNC(=O)c1nn(-c2ccc(Cl)cc2)c(=O)n(C(C)c2ccccc2)c1=O. The molecule has 1 atom stereocenters. The quantitative estimate of drug-likeness (QED) is 0.540. The molecule has 0 fully saturated rings. The molecule has 0 aliphatic rings. The van der Waals surface area contributed by atoms with Gasteiger partial charge in [-0.2, -0.15) is 9.78 Å². The minimum atomic E-state index is -0.754. The Morgan fingerprint density at radius 2 is 1.81 bits per heavy atom. The van der Waals surface area contributed by atoms with E-state index in [9.17, 15) is 14.4 Å². The van der Waals surface area contributed by atoms with E-state index < -0.39 is 23.2 Å². The van der Waals surface area contributed by atoms with Crippen LogP contribution in [0, 0.1) is 0 Å². The molecule has 2 aromatic carbocycles. The van der Waals surface area contributed by atoms with Crippen molar-refractivity contribution in [3.05, 3.63) is 91.7 Å². The van der Waals surface area contributed by atoms with Gasteiger partial charge in [0.1, 0.15) is 0 Å². The van der Waals surface area contributed by atoms with Crippen molar-refractivity contribution in [3.8, 4) is 5.69 Å². The van der Waals surface area contributed by atoms with Crippen LogP contribution in [0.1, 0.15) is 35.4 Å². The molecule has 1 N–H and O–H groups in total. The lowest BCUT2D eigenvalue weighted by Crippen LogP contribution is -2.47. The first-order valence-corrected chi connectivity index (χ1v) is 10.2. The molecule has 0 saturated heterocycles. The smallest absolute Gasteiger partial charge is 0.352 e. The Balaban J connectivity index is 2.13. The van der Waals surface area contributed by atoms with Crippen molar-refractivity contribution in [2.75, 3.05) is 20.3 Å². The Morgan fingerprint density at radius 1 is 1.13 bits per heavy atom. The standard InChI is InChI=1S/C22H23ClN4O4/c1-15(16-7-4-3-5-8-16)26-21(29)19(20(28)24-13-6-14-31-2)25-27(22(26)30)18-11-9-17(23)10-12-18/h3-5,7-12,15H,6,13-14H2,1-2H3,(H,24,28). The fourth-order valence-corrected chi connectivity index (χ4v) is 3.23. The van der Waals surface area contributed by atoms with Gasteiger partial charge in [-0.3, -0.25) is 9.59 Å². The van der Waals surface area contributed by atoms with Crippen molar-refractivity contribution in [2.24, 2.45) is 0 Å². The van der Waals surface area contributed by atoms with Crippen molar-refractivity contribution < 1.29 is 9.53 Å². The van der Waals surface area contributed by atoms with Gasteiger partial charge in [0.2, 0.25) is 5.69 Å². The fourth-order valence-electron chi connectivity index (χ4n) is 3.11. The summed E-state index contributed by atoms with van der Waals surface area (Å²) in [7, 11) is 1.56. The molecule has 0 bridgehead atoms. The fraction of sp³-hybridized carbons (Fsp3) is 0.273. The molecule has 162 valence electrons. The summed E-state index contributed by atoms with van der Waals surface area (Å²) in [4.78, 5) is 39.1. The zero-order valence-electron chi connectivity index (χ0n) is 17.2. The third kappa shape index (κ3) is 5.10. The zero-order valence-corrected chi connectivity index (χ0v) is 18.0. The number of carbonyl (C=O) groups excluding carboxylic acids is 1. The van der Waals surface area contributed by atoms with E-state index in [1.807, 2.05) is 30.3 Å². The Morgan fingerprint density at radius 3 is 2.45 bits per heavy atom. The van der Waals surface area contributed by atoms with Crippen LogP contribution in [0.4, 0.5) is 0 Å². The highest BCUT2D eigenvalue weighted by Crippen LogP contribution is 2.15. The van der Waals surface area contributed by atoms with Crippen molar-refractivity contribution in [2.45, 2.75) is 19.4 Å². The van der Waals surface area contributed by atoms with Gasteiger partial charge in [0.05, 0.1) is 11.7 Å². The van der Waals surface area contributed by atoms with Crippen molar-refractivity contribution >= 4 is 17.5 Å². The topological polar surface area (TPSA) is 95.2 Å². The van der Waals surface area contributed by atoms with Crippen molar-refractivity contribution in [1.82, 2.24) is 19.7 Å². The van der Waals surface area contributed by atoms with E-state index >= 15 is 0 Å². The molecule has 3 rings (SSSR count). The van der Waals surface area contributed by atoms with Crippen LogP contribution in [0.5, 0.6) is 0 Å². The van der Waals surface area contributed by atoms with E-state index in [4.69, 9.17) is 16.3 Å². The molecule has 1 amide bonds. The maximum absolute atomic E-state index is 13.2. The third-order valence-corrected chi connectivity index (χ3v) is 5.03. The number of hydrogen-bond acceptors (Lipinski definition) is 5. The number of halogens is 1. The molecule has 1 unspecified atom stereocenters. The van der Waals surface area contributed by atoms with Crippen LogP contribution in [0.15, 0.2) is 64.2 Å². The molecule has 3 aromatic rings. The molecule has 9 heteroatoms. The molecule has 0 aliphatic heterocycles. The zero-order chi connectivity index (χ0) is 22.4. The number of carbonyl (C=O) groups is 1. The van der Waals surface area contributed by atoms with Crippen molar-refractivity contribution in [3.63, 3.8) is 0 Å². The molecule has 0 aliphatic carbocycles. The second kappa shape index (κ2) is 10.2. The Kier molecular flexibility index (Phi) is 7.38. The van der Waals surface area contributed by atoms with Gasteiger partial charge in [-0.1, -0.05) is 41.9 Å². The Hall–Kier alpha value is -3.23. The molecule has 8 nitrogen and oxygen atoms in total. The van der Waals surface area contributed by atoms with Gasteiger partial charge in [0.15, 0.2) is 0 Å². The second-order valence-corrected chi connectivity index (χ2v) is 7.32. The second-order valence-electron chi connectivity index (χ2n) is 6.88. The molecular formula is C22H23ClN4O4. The molecule has 1 aromatic heterocycles. The van der Waals surface area contributed by atoms with E-state index in [0.29, 0.717) is 30.3 Å². The average Bonchev–Trinajstić information content (AvgIpc) is 2.78. The van der Waals surface area contributed by atoms with Crippen LogP contribution in [-0.2, 0) is 4.74 Å². The van der Waals surface area contributed by atoms with Gasteiger partial charge in [0, 0.05) is 25.3 Å². The number of benzene rings is 2. The first-order valence-electron chi connectivity index (χ1n) is 9.78. The van der Waals surface area contributed by atoms with Gasteiger partial charge in [-0.25, -0.2) is 9.36 Å². The summed E-state index contributed by atoms with van der Waals surface area (Å²) in [5, 5.41) is 7.23. The number of rotatable bonds is 8. The summed E-state index contributed by atoms with van der Waals surface area (Å²) in [5.41, 5.74) is -0.635. The van der Waals surface area contributed by atoms with E-state index in [1.54, 1.807) is 38.3 Å². The van der Waals surface area contributed by atoms with Gasteiger partial charge in [0.25, 0.3) is 11.5 Å². The summed E-state index contributed by atoms with van der Waals surface area (Å²) < 4.78 is 7.05. The minimum absolute atomic E-state index is 0.308.